The lowest BCUT2D eigenvalue weighted by atomic mass is 10.0. The van der Waals surface area contributed by atoms with Gasteiger partial charge in [-0.3, -0.25) is 9.59 Å². The van der Waals surface area contributed by atoms with Crippen molar-refractivity contribution in [2.75, 3.05) is 0 Å². The Morgan fingerprint density at radius 1 is 0.930 bits per heavy atom. The average molecular weight is 602 g/mol. The Hall–Kier alpha value is -5.07. The lowest BCUT2D eigenvalue weighted by molar-refractivity contribution is -0.192. The predicted molar refractivity (Wildman–Crippen MR) is 155 cm³/mol. The number of carbonyl (C=O) groups is 3. The van der Waals surface area contributed by atoms with Crippen LogP contribution in [0.25, 0.3) is 0 Å². The molecule has 43 heavy (non-hydrogen) atoms. The summed E-state index contributed by atoms with van der Waals surface area (Å²) in [6.07, 6.45) is -3.06. The molecule has 3 aromatic rings. The van der Waals surface area contributed by atoms with Crippen LogP contribution in [0.1, 0.15) is 48.9 Å². The fourth-order valence-corrected chi connectivity index (χ4v) is 3.50. The molecule has 3 rings (SSSR count). The fourth-order valence-electron chi connectivity index (χ4n) is 3.50. The van der Waals surface area contributed by atoms with Crippen LogP contribution in [0.5, 0.6) is 5.75 Å². The second kappa shape index (κ2) is 17.0. The molecule has 10 nitrogen and oxygen atoms in total. The number of unbranched alkanes of at least 4 members (excludes halogenated alkanes) is 1. The first-order valence-electron chi connectivity index (χ1n) is 13.2. The largest absolute Gasteiger partial charge is 0.490 e. The van der Waals surface area contributed by atoms with E-state index in [1.54, 1.807) is 36.4 Å². The molecule has 7 N–H and O–H groups in total. The number of carbonyl (C=O) groups excluding carboxylic acids is 2. The van der Waals surface area contributed by atoms with Gasteiger partial charge in [-0.2, -0.15) is 13.2 Å². The van der Waals surface area contributed by atoms with Gasteiger partial charge in [0.1, 0.15) is 18.4 Å². The summed E-state index contributed by atoms with van der Waals surface area (Å²) in [5.41, 5.74) is 14.0. The molecule has 0 bridgehead atoms. The average Bonchev–Trinajstić information content (AvgIpc) is 2.97. The molecule has 13 heteroatoms. The molecule has 0 saturated carbocycles. The molecule has 0 radical (unpaired) electrons. The smallest absolute Gasteiger partial charge is 0.489 e. The van der Waals surface area contributed by atoms with E-state index in [4.69, 9.17) is 26.1 Å². The highest BCUT2D eigenvalue weighted by Crippen LogP contribution is 2.20. The Morgan fingerprint density at radius 2 is 1.53 bits per heavy atom. The number of benzene rings is 3. The summed E-state index contributed by atoms with van der Waals surface area (Å²) >= 11 is 0. The number of carboxylic acids is 1. The number of alkyl halides is 3. The van der Waals surface area contributed by atoms with Gasteiger partial charge in [-0.25, -0.2) is 9.79 Å². The van der Waals surface area contributed by atoms with Gasteiger partial charge < -0.3 is 31.9 Å². The highest BCUT2D eigenvalue weighted by atomic mass is 19.4. The van der Waals surface area contributed by atoms with E-state index in [0.717, 1.165) is 24.0 Å². The number of amides is 2. The SMILES string of the molecule is CCCCC(=O)N[C@H](C(=O)NCc1ccc(N=C(N)N)cc1)c1ccc(OCc2ccccc2)cc1.O=C(O)C(F)(F)F. The minimum absolute atomic E-state index is 0.0193. The highest BCUT2D eigenvalue weighted by Gasteiger charge is 2.38. The topological polar surface area (TPSA) is 169 Å². The van der Waals surface area contributed by atoms with Gasteiger partial charge in [0.05, 0.1) is 5.69 Å². The number of rotatable bonds is 12. The summed E-state index contributed by atoms with van der Waals surface area (Å²) in [6, 6.07) is 23.4. The fraction of sp³-hybridized carbons (Fsp3) is 0.267. The minimum Gasteiger partial charge on any atom is -0.489 e. The standard InChI is InChI=1S/C28H33N5O3.C2HF3O2/c1-2-3-9-25(34)33-26(27(35)31-18-20-10-14-23(15-11-20)32-28(29)30)22-12-16-24(17-13-22)36-19-21-7-5-4-6-8-21;3-2(4,5)1(6)7/h4-8,10-17,26H,2-3,9,18-19H2,1H3,(H,31,35)(H,33,34)(H4,29,30,32);(H,6,7)/t26-;/m0./s1. The van der Waals surface area contributed by atoms with Crippen LogP contribution in [0, 0.1) is 0 Å². The zero-order valence-corrected chi connectivity index (χ0v) is 23.4. The first-order valence-corrected chi connectivity index (χ1v) is 13.2. The van der Waals surface area contributed by atoms with Gasteiger partial charge in [0.2, 0.25) is 11.8 Å². The van der Waals surface area contributed by atoms with E-state index in [9.17, 15) is 22.8 Å². The van der Waals surface area contributed by atoms with Crippen molar-refractivity contribution in [2.24, 2.45) is 16.5 Å². The summed E-state index contributed by atoms with van der Waals surface area (Å²) in [5.74, 6) is -2.56. The molecular formula is C30H34F3N5O5. The molecule has 0 heterocycles. The third-order valence-corrected chi connectivity index (χ3v) is 5.69. The molecular weight excluding hydrogens is 567 g/mol. The molecule has 0 unspecified atom stereocenters. The predicted octanol–water partition coefficient (Wildman–Crippen LogP) is 4.47. The van der Waals surface area contributed by atoms with Crippen LogP contribution >= 0.6 is 0 Å². The molecule has 3 aromatic carbocycles. The molecule has 0 aliphatic heterocycles. The van der Waals surface area contributed by atoms with Crippen molar-refractivity contribution in [1.82, 2.24) is 10.6 Å². The maximum atomic E-state index is 13.1. The molecule has 0 aromatic heterocycles. The number of aliphatic imine (C=N–C) groups is 1. The number of carboxylic acid groups (broad SMARTS) is 1. The molecule has 2 amide bonds. The minimum atomic E-state index is -5.08. The van der Waals surface area contributed by atoms with Gasteiger partial charge in [0, 0.05) is 13.0 Å². The second-order valence-corrected chi connectivity index (χ2v) is 9.17. The van der Waals surface area contributed by atoms with Crippen molar-refractivity contribution < 1.29 is 37.4 Å². The first-order chi connectivity index (χ1) is 20.4. The highest BCUT2D eigenvalue weighted by molar-refractivity contribution is 5.88. The molecule has 1 atom stereocenters. The van der Waals surface area contributed by atoms with Crippen molar-refractivity contribution in [3.8, 4) is 5.75 Å². The van der Waals surface area contributed by atoms with Crippen molar-refractivity contribution in [1.29, 1.82) is 0 Å². The van der Waals surface area contributed by atoms with Gasteiger partial charge in [0.15, 0.2) is 5.96 Å². The molecule has 0 aliphatic rings. The van der Waals surface area contributed by atoms with Crippen molar-refractivity contribution in [2.45, 2.75) is 51.6 Å². The Morgan fingerprint density at radius 3 is 2.07 bits per heavy atom. The number of hydrogen-bond acceptors (Lipinski definition) is 5. The number of nitrogens with two attached hydrogens (primary N) is 2. The summed E-state index contributed by atoms with van der Waals surface area (Å²) in [5, 5.41) is 12.9. The third kappa shape index (κ3) is 13.0. The van der Waals surface area contributed by atoms with Gasteiger partial charge >= 0.3 is 12.1 Å². The molecule has 0 saturated heterocycles. The molecule has 0 fully saturated rings. The lowest BCUT2D eigenvalue weighted by Crippen LogP contribution is -2.40. The monoisotopic (exact) mass is 601 g/mol. The number of hydrogen-bond donors (Lipinski definition) is 5. The first kappa shape index (κ1) is 34.1. The summed E-state index contributed by atoms with van der Waals surface area (Å²) in [7, 11) is 0. The zero-order valence-electron chi connectivity index (χ0n) is 23.4. The Balaban J connectivity index is 0.000000821. The van der Waals surface area contributed by atoms with Crippen molar-refractivity contribution in [3.05, 3.63) is 95.6 Å². The number of nitrogens with one attached hydrogen (secondary N) is 2. The lowest BCUT2D eigenvalue weighted by Gasteiger charge is -2.19. The summed E-state index contributed by atoms with van der Waals surface area (Å²) in [6.45, 7) is 2.75. The molecule has 0 spiro atoms. The van der Waals surface area contributed by atoms with Gasteiger partial charge in [-0.15, -0.1) is 0 Å². The zero-order chi connectivity index (χ0) is 31.8. The number of aliphatic carboxylic acids is 1. The van der Waals surface area contributed by atoms with Crippen LogP contribution in [0.2, 0.25) is 0 Å². The summed E-state index contributed by atoms with van der Waals surface area (Å²) in [4.78, 5) is 38.5. The van der Waals surface area contributed by atoms with Gasteiger partial charge in [-0.1, -0.05) is 67.9 Å². The van der Waals surface area contributed by atoms with Crippen LogP contribution in [0.3, 0.4) is 0 Å². The maximum absolute atomic E-state index is 13.1. The van der Waals surface area contributed by atoms with E-state index in [0.29, 0.717) is 36.6 Å². The normalized spacial score (nSPS) is 11.3. The second-order valence-electron chi connectivity index (χ2n) is 9.17. The van der Waals surface area contributed by atoms with Crippen LogP contribution in [-0.2, 0) is 27.5 Å². The maximum Gasteiger partial charge on any atom is 0.490 e. The van der Waals surface area contributed by atoms with E-state index in [1.807, 2.05) is 49.4 Å². The van der Waals surface area contributed by atoms with E-state index in [2.05, 4.69) is 15.6 Å². The van der Waals surface area contributed by atoms with E-state index in [1.165, 1.54) is 0 Å². The number of ether oxygens (including phenoxy) is 1. The van der Waals surface area contributed by atoms with Crippen LogP contribution in [0.15, 0.2) is 83.9 Å². The van der Waals surface area contributed by atoms with E-state index in [-0.39, 0.29) is 17.8 Å². The van der Waals surface area contributed by atoms with Crippen LogP contribution in [-0.4, -0.2) is 35.0 Å². The van der Waals surface area contributed by atoms with Crippen LogP contribution in [0.4, 0.5) is 18.9 Å². The Kier molecular flexibility index (Phi) is 13.5. The quantitative estimate of drug-likeness (QED) is 0.151. The third-order valence-electron chi connectivity index (χ3n) is 5.69. The molecule has 230 valence electrons. The van der Waals surface area contributed by atoms with Crippen molar-refractivity contribution in [3.63, 3.8) is 0 Å². The number of nitrogens with zero attached hydrogens (tertiary/aromatic N) is 1. The van der Waals surface area contributed by atoms with Crippen molar-refractivity contribution >= 4 is 29.4 Å². The Bertz CT molecular complexity index is 1350. The number of halogens is 3. The van der Waals surface area contributed by atoms with Gasteiger partial charge in [0.25, 0.3) is 0 Å². The summed E-state index contributed by atoms with van der Waals surface area (Å²) < 4.78 is 37.6. The molecule has 0 aliphatic carbocycles. The Labute approximate surface area is 246 Å². The number of guanidine groups is 1. The van der Waals surface area contributed by atoms with Crippen LogP contribution < -0.4 is 26.8 Å². The van der Waals surface area contributed by atoms with E-state index >= 15 is 0 Å². The van der Waals surface area contributed by atoms with E-state index < -0.39 is 18.2 Å². The van der Waals surface area contributed by atoms with Gasteiger partial charge in [-0.05, 0) is 47.4 Å².